The molecule has 1 aliphatic heterocycles. The first-order chi connectivity index (χ1) is 11.2. The zero-order valence-electron chi connectivity index (χ0n) is 12.5. The maximum absolute atomic E-state index is 12.5. The molecule has 1 atom stereocenters. The molecular formula is C19H14ClNOS. The lowest BCUT2D eigenvalue weighted by Crippen LogP contribution is -2.36. The maximum atomic E-state index is 12.5. The molecule has 23 heavy (non-hydrogen) atoms. The van der Waals surface area contributed by atoms with Crippen LogP contribution in [0.3, 0.4) is 0 Å². The fourth-order valence-corrected chi connectivity index (χ4v) is 4.45. The van der Waals surface area contributed by atoms with Crippen molar-refractivity contribution < 1.29 is 4.79 Å². The van der Waals surface area contributed by atoms with Crippen LogP contribution in [0.15, 0.2) is 60.7 Å². The van der Waals surface area contributed by atoms with Crippen molar-refractivity contribution in [2.75, 3.05) is 4.90 Å². The third-order valence-corrected chi connectivity index (χ3v) is 5.45. The summed E-state index contributed by atoms with van der Waals surface area (Å²) in [5.74, 6) is 0.0291. The number of carbonyl (C=O) groups is 1. The number of fused-ring (bicyclic) bond motifs is 3. The Balaban J connectivity index is 2.03. The molecule has 0 radical (unpaired) electrons. The Kier molecular flexibility index (Phi) is 3.47. The van der Waals surface area contributed by atoms with E-state index in [0.717, 1.165) is 26.0 Å². The minimum atomic E-state index is -0.129. The third-order valence-electron chi connectivity index (χ3n) is 4.17. The van der Waals surface area contributed by atoms with Crippen LogP contribution in [0.2, 0.25) is 4.34 Å². The molecule has 0 fully saturated rings. The van der Waals surface area contributed by atoms with Gasteiger partial charge in [0.15, 0.2) is 0 Å². The van der Waals surface area contributed by atoms with Gasteiger partial charge in [0.1, 0.15) is 0 Å². The average molecular weight is 340 g/mol. The van der Waals surface area contributed by atoms with E-state index in [1.165, 1.54) is 16.9 Å². The highest BCUT2D eigenvalue weighted by molar-refractivity contribution is 7.16. The van der Waals surface area contributed by atoms with Gasteiger partial charge in [-0.3, -0.25) is 9.69 Å². The summed E-state index contributed by atoms with van der Waals surface area (Å²) in [5.41, 5.74) is 4.36. The van der Waals surface area contributed by atoms with Crippen LogP contribution >= 0.6 is 22.9 Å². The molecule has 114 valence electrons. The number of thiophene rings is 1. The highest BCUT2D eigenvalue weighted by atomic mass is 35.5. The van der Waals surface area contributed by atoms with Crippen molar-refractivity contribution in [3.63, 3.8) is 0 Å². The van der Waals surface area contributed by atoms with Crippen LogP contribution in [0.5, 0.6) is 0 Å². The molecule has 0 saturated carbocycles. The fourth-order valence-electron chi connectivity index (χ4n) is 3.28. The molecule has 1 aromatic heterocycles. The molecule has 0 N–H and O–H groups in total. The molecule has 0 spiro atoms. The van der Waals surface area contributed by atoms with Gasteiger partial charge in [-0.2, -0.15) is 0 Å². The molecule has 1 amide bonds. The van der Waals surface area contributed by atoms with Crippen LogP contribution in [0, 0.1) is 0 Å². The SMILES string of the molecule is CC(=O)N1c2ccccc2-c2ccccc2C1c1ccc(Cl)s1. The lowest BCUT2D eigenvalue weighted by Gasteiger charge is -2.37. The topological polar surface area (TPSA) is 20.3 Å². The van der Waals surface area contributed by atoms with Gasteiger partial charge in [0.25, 0.3) is 0 Å². The highest BCUT2D eigenvalue weighted by Gasteiger charge is 2.34. The van der Waals surface area contributed by atoms with Crippen molar-refractivity contribution in [1.82, 2.24) is 0 Å². The van der Waals surface area contributed by atoms with Gasteiger partial charge in [-0.15, -0.1) is 11.3 Å². The van der Waals surface area contributed by atoms with E-state index in [-0.39, 0.29) is 11.9 Å². The molecule has 4 rings (SSSR count). The van der Waals surface area contributed by atoms with Crippen molar-refractivity contribution in [2.24, 2.45) is 0 Å². The smallest absolute Gasteiger partial charge is 0.224 e. The van der Waals surface area contributed by atoms with Gasteiger partial charge in [-0.25, -0.2) is 0 Å². The Morgan fingerprint density at radius 2 is 1.70 bits per heavy atom. The van der Waals surface area contributed by atoms with Crippen LogP contribution in [0.25, 0.3) is 11.1 Å². The van der Waals surface area contributed by atoms with Gasteiger partial charge in [-0.05, 0) is 29.3 Å². The van der Waals surface area contributed by atoms with E-state index in [1.807, 2.05) is 47.4 Å². The number of hydrogen-bond donors (Lipinski definition) is 0. The summed E-state index contributed by atoms with van der Waals surface area (Å²) in [5, 5.41) is 0. The van der Waals surface area contributed by atoms with Crippen LogP contribution in [0.1, 0.15) is 23.4 Å². The lowest BCUT2D eigenvalue weighted by molar-refractivity contribution is -0.116. The summed E-state index contributed by atoms with van der Waals surface area (Å²) in [4.78, 5) is 15.4. The standard InChI is InChI=1S/C19H14ClNOS/c1-12(22)21-16-9-5-4-7-14(16)13-6-2-3-8-15(13)19(21)17-10-11-18(20)23-17/h2-11,19H,1H3. The minimum absolute atomic E-state index is 0.0291. The van der Waals surface area contributed by atoms with Crippen molar-refractivity contribution >= 4 is 34.5 Å². The summed E-state index contributed by atoms with van der Waals surface area (Å²) >= 11 is 7.67. The molecule has 2 aromatic carbocycles. The molecule has 1 aliphatic rings. The summed E-state index contributed by atoms with van der Waals surface area (Å²) in [7, 11) is 0. The number of amides is 1. The van der Waals surface area contributed by atoms with Crippen LogP contribution in [-0.4, -0.2) is 5.91 Å². The van der Waals surface area contributed by atoms with E-state index in [9.17, 15) is 4.79 Å². The molecule has 0 saturated heterocycles. The van der Waals surface area contributed by atoms with E-state index in [4.69, 9.17) is 11.6 Å². The third kappa shape index (κ3) is 2.28. The zero-order valence-corrected chi connectivity index (χ0v) is 14.1. The predicted octanol–water partition coefficient (Wildman–Crippen LogP) is 5.52. The van der Waals surface area contributed by atoms with Crippen molar-refractivity contribution in [1.29, 1.82) is 0 Å². The molecule has 2 heterocycles. The number of rotatable bonds is 1. The van der Waals surface area contributed by atoms with Gasteiger partial charge < -0.3 is 0 Å². The Morgan fingerprint density at radius 3 is 2.39 bits per heavy atom. The van der Waals surface area contributed by atoms with Crippen molar-refractivity contribution in [3.05, 3.63) is 75.4 Å². The van der Waals surface area contributed by atoms with Crippen molar-refractivity contribution in [2.45, 2.75) is 13.0 Å². The highest BCUT2D eigenvalue weighted by Crippen LogP contribution is 2.48. The van der Waals surface area contributed by atoms with E-state index in [2.05, 4.69) is 18.2 Å². The van der Waals surface area contributed by atoms with Crippen LogP contribution < -0.4 is 4.90 Å². The second kappa shape index (κ2) is 5.52. The molecular weight excluding hydrogens is 326 g/mol. The van der Waals surface area contributed by atoms with E-state index in [0.29, 0.717) is 0 Å². The fraction of sp³-hybridized carbons (Fsp3) is 0.105. The minimum Gasteiger partial charge on any atom is -0.300 e. The maximum Gasteiger partial charge on any atom is 0.224 e. The summed E-state index contributed by atoms with van der Waals surface area (Å²) in [6.07, 6.45) is 0. The number of carbonyl (C=O) groups excluding carboxylic acids is 1. The number of halogens is 1. The zero-order chi connectivity index (χ0) is 16.0. The molecule has 3 aromatic rings. The molecule has 1 unspecified atom stereocenters. The predicted molar refractivity (Wildman–Crippen MR) is 96.2 cm³/mol. The lowest BCUT2D eigenvalue weighted by atomic mass is 9.87. The van der Waals surface area contributed by atoms with E-state index >= 15 is 0 Å². The average Bonchev–Trinajstić information content (AvgIpc) is 2.99. The number of hydrogen-bond acceptors (Lipinski definition) is 2. The monoisotopic (exact) mass is 339 g/mol. The summed E-state index contributed by atoms with van der Waals surface area (Å²) in [6, 6.07) is 20.1. The van der Waals surface area contributed by atoms with Gasteiger partial charge in [-0.1, -0.05) is 54.1 Å². The number of nitrogens with zero attached hydrogens (tertiary/aromatic N) is 1. The summed E-state index contributed by atoms with van der Waals surface area (Å²) < 4.78 is 0.736. The normalized spacial score (nSPS) is 15.9. The summed E-state index contributed by atoms with van der Waals surface area (Å²) in [6.45, 7) is 1.62. The van der Waals surface area contributed by atoms with Gasteiger partial charge in [0.2, 0.25) is 5.91 Å². The Labute approximate surface area is 143 Å². The molecule has 0 bridgehead atoms. The second-order valence-corrected chi connectivity index (χ2v) is 7.28. The van der Waals surface area contributed by atoms with Gasteiger partial charge in [0, 0.05) is 17.4 Å². The first-order valence-corrected chi connectivity index (χ1v) is 8.59. The first-order valence-electron chi connectivity index (χ1n) is 7.40. The number of benzene rings is 2. The Morgan fingerprint density at radius 1 is 1.00 bits per heavy atom. The van der Waals surface area contributed by atoms with Crippen molar-refractivity contribution in [3.8, 4) is 11.1 Å². The molecule has 4 heteroatoms. The molecule has 0 aliphatic carbocycles. The van der Waals surface area contributed by atoms with Gasteiger partial charge >= 0.3 is 0 Å². The first kappa shape index (κ1) is 14.5. The Bertz CT molecular complexity index is 902. The number of anilines is 1. The van der Waals surface area contributed by atoms with Gasteiger partial charge in [0.05, 0.1) is 16.1 Å². The molecule has 2 nitrogen and oxygen atoms in total. The van der Waals surface area contributed by atoms with E-state index in [1.54, 1.807) is 6.92 Å². The Hall–Kier alpha value is -2.10. The van der Waals surface area contributed by atoms with Crippen LogP contribution in [0.4, 0.5) is 5.69 Å². The van der Waals surface area contributed by atoms with Crippen LogP contribution in [-0.2, 0) is 4.79 Å². The second-order valence-electron chi connectivity index (χ2n) is 5.54. The van der Waals surface area contributed by atoms with E-state index < -0.39 is 0 Å². The number of para-hydroxylation sites is 1. The quantitative estimate of drug-likeness (QED) is 0.571. The largest absolute Gasteiger partial charge is 0.300 e.